The van der Waals surface area contributed by atoms with Crippen LogP contribution in [0.25, 0.3) is 22.6 Å². The van der Waals surface area contributed by atoms with Crippen LogP contribution in [0.5, 0.6) is 0 Å². The Morgan fingerprint density at radius 2 is 1.78 bits per heavy atom. The van der Waals surface area contributed by atoms with Gasteiger partial charge in [-0.25, -0.2) is 13.8 Å². The van der Waals surface area contributed by atoms with Crippen LogP contribution >= 0.6 is 11.3 Å². The van der Waals surface area contributed by atoms with E-state index in [1.54, 1.807) is 41.8 Å². The molecule has 2 aromatic carbocycles. The number of rotatable bonds is 4. The van der Waals surface area contributed by atoms with Gasteiger partial charge in [0.05, 0.1) is 11.3 Å². The number of anilines is 1. The van der Waals surface area contributed by atoms with Gasteiger partial charge in [0.1, 0.15) is 17.4 Å². The molecule has 0 radical (unpaired) electrons. The summed E-state index contributed by atoms with van der Waals surface area (Å²) in [5.74, 6) is -0.928. The van der Waals surface area contributed by atoms with Gasteiger partial charge in [0.25, 0.3) is 5.91 Å². The van der Waals surface area contributed by atoms with Crippen molar-refractivity contribution in [2.75, 3.05) is 5.32 Å². The van der Waals surface area contributed by atoms with Gasteiger partial charge in [0.2, 0.25) is 0 Å². The number of furan rings is 1. The molecule has 4 rings (SSSR count). The van der Waals surface area contributed by atoms with Gasteiger partial charge in [-0.1, -0.05) is 12.1 Å². The van der Waals surface area contributed by atoms with Crippen molar-refractivity contribution in [1.82, 2.24) is 4.98 Å². The average molecular weight is 382 g/mol. The quantitative estimate of drug-likeness (QED) is 0.500. The molecule has 27 heavy (non-hydrogen) atoms. The molecular weight excluding hydrogens is 370 g/mol. The van der Waals surface area contributed by atoms with Crippen molar-refractivity contribution >= 4 is 22.4 Å². The Morgan fingerprint density at radius 1 is 1.00 bits per heavy atom. The highest BCUT2D eigenvalue weighted by Gasteiger charge is 2.16. The molecule has 2 heterocycles. The molecule has 0 bridgehead atoms. The van der Waals surface area contributed by atoms with Gasteiger partial charge in [0.15, 0.2) is 10.9 Å². The van der Waals surface area contributed by atoms with E-state index in [0.29, 0.717) is 10.8 Å². The first-order valence-corrected chi connectivity index (χ1v) is 8.86. The summed E-state index contributed by atoms with van der Waals surface area (Å²) in [5.41, 5.74) is 1.65. The van der Waals surface area contributed by atoms with Gasteiger partial charge >= 0.3 is 0 Å². The Balaban J connectivity index is 1.50. The van der Waals surface area contributed by atoms with Crippen molar-refractivity contribution < 1.29 is 18.0 Å². The van der Waals surface area contributed by atoms with Gasteiger partial charge in [-0.15, -0.1) is 11.3 Å². The molecule has 0 aliphatic heterocycles. The van der Waals surface area contributed by atoms with Crippen LogP contribution in [0.1, 0.15) is 10.6 Å². The van der Waals surface area contributed by atoms with Gasteiger partial charge in [-0.2, -0.15) is 0 Å². The summed E-state index contributed by atoms with van der Waals surface area (Å²) < 4.78 is 32.3. The molecule has 0 spiro atoms. The predicted molar refractivity (Wildman–Crippen MR) is 99.6 cm³/mol. The average Bonchev–Trinajstić information content (AvgIpc) is 3.32. The van der Waals surface area contributed by atoms with Crippen molar-refractivity contribution in [2.45, 2.75) is 0 Å². The van der Waals surface area contributed by atoms with E-state index in [-0.39, 0.29) is 22.9 Å². The number of amides is 1. The Bertz CT molecular complexity index is 1100. The summed E-state index contributed by atoms with van der Waals surface area (Å²) in [7, 11) is 0. The monoisotopic (exact) mass is 382 g/mol. The normalized spacial score (nSPS) is 10.7. The number of benzene rings is 2. The third-order valence-electron chi connectivity index (χ3n) is 3.83. The predicted octanol–water partition coefficient (Wildman–Crippen LogP) is 5.60. The molecule has 7 heteroatoms. The van der Waals surface area contributed by atoms with Crippen molar-refractivity contribution in [1.29, 1.82) is 0 Å². The van der Waals surface area contributed by atoms with Gasteiger partial charge < -0.3 is 4.42 Å². The molecule has 0 saturated heterocycles. The van der Waals surface area contributed by atoms with Crippen LogP contribution in [0.2, 0.25) is 0 Å². The summed E-state index contributed by atoms with van der Waals surface area (Å²) in [6.07, 6.45) is 0. The van der Waals surface area contributed by atoms with E-state index in [1.807, 2.05) is 0 Å². The maximum absolute atomic E-state index is 13.8. The van der Waals surface area contributed by atoms with E-state index in [0.717, 1.165) is 5.56 Å². The largest absolute Gasteiger partial charge is 0.451 e. The molecule has 0 atom stereocenters. The Hall–Kier alpha value is -3.32. The molecular formula is C20H12F2N2O2S. The van der Waals surface area contributed by atoms with Crippen molar-refractivity contribution in [2.24, 2.45) is 0 Å². The zero-order chi connectivity index (χ0) is 18.8. The maximum Gasteiger partial charge on any atom is 0.293 e. The smallest absolute Gasteiger partial charge is 0.293 e. The van der Waals surface area contributed by atoms with Crippen LogP contribution in [0.3, 0.4) is 0 Å². The maximum atomic E-state index is 13.8. The van der Waals surface area contributed by atoms with Crippen LogP contribution in [0.4, 0.5) is 13.9 Å². The highest BCUT2D eigenvalue weighted by molar-refractivity contribution is 7.14. The van der Waals surface area contributed by atoms with E-state index in [1.165, 1.54) is 35.6 Å². The topological polar surface area (TPSA) is 55.1 Å². The number of hydrogen-bond donors (Lipinski definition) is 1. The number of aromatic nitrogens is 1. The summed E-state index contributed by atoms with van der Waals surface area (Å²) in [6.45, 7) is 0. The molecule has 1 N–H and O–H groups in total. The first kappa shape index (κ1) is 17.1. The summed E-state index contributed by atoms with van der Waals surface area (Å²) in [5, 5.41) is 4.78. The van der Waals surface area contributed by atoms with E-state index in [2.05, 4.69) is 10.3 Å². The second-order valence-corrected chi connectivity index (χ2v) is 6.50. The minimum atomic E-state index is -0.488. The third-order valence-corrected chi connectivity index (χ3v) is 4.59. The second kappa shape index (κ2) is 7.13. The van der Waals surface area contributed by atoms with Gasteiger partial charge in [0, 0.05) is 10.9 Å². The fraction of sp³-hybridized carbons (Fsp3) is 0. The van der Waals surface area contributed by atoms with Crippen LogP contribution < -0.4 is 5.32 Å². The molecule has 0 fully saturated rings. The number of carbonyl (C=O) groups excluding carboxylic acids is 1. The second-order valence-electron chi connectivity index (χ2n) is 5.64. The minimum absolute atomic E-state index is 0.0479. The van der Waals surface area contributed by atoms with Gasteiger partial charge in [-0.05, 0) is 48.5 Å². The number of nitrogens with one attached hydrogen (secondary N) is 1. The summed E-state index contributed by atoms with van der Waals surface area (Å²) in [4.78, 5) is 16.7. The number of nitrogens with zero attached hydrogens (tertiary/aromatic N) is 1. The lowest BCUT2D eigenvalue weighted by molar-refractivity contribution is 0.0997. The van der Waals surface area contributed by atoms with Crippen molar-refractivity contribution in [3.8, 4) is 22.6 Å². The van der Waals surface area contributed by atoms with Crippen LogP contribution in [-0.4, -0.2) is 10.9 Å². The minimum Gasteiger partial charge on any atom is -0.451 e. The SMILES string of the molecule is O=C(Nc1nc(-c2ccc(F)cc2)cs1)c1ccc(-c2ccccc2F)o1. The Kier molecular flexibility index (Phi) is 4.52. The van der Waals surface area contributed by atoms with E-state index in [9.17, 15) is 13.6 Å². The number of carbonyl (C=O) groups is 1. The molecule has 0 unspecified atom stereocenters. The third kappa shape index (κ3) is 3.63. The van der Waals surface area contributed by atoms with E-state index in [4.69, 9.17) is 4.42 Å². The summed E-state index contributed by atoms with van der Waals surface area (Å²) >= 11 is 1.24. The zero-order valence-electron chi connectivity index (χ0n) is 13.8. The van der Waals surface area contributed by atoms with Crippen LogP contribution in [-0.2, 0) is 0 Å². The number of halogens is 2. The van der Waals surface area contributed by atoms with E-state index < -0.39 is 11.7 Å². The van der Waals surface area contributed by atoms with Crippen LogP contribution in [0, 0.1) is 11.6 Å². The molecule has 0 aliphatic carbocycles. The Labute approximate surface area is 157 Å². The van der Waals surface area contributed by atoms with Gasteiger partial charge in [-0.3, -0.25) is 10.1 Å². The van der Waals surface area contributed by atoms with Crippen LogP contribution in [0.15, 0.2) is 70.5 Å². The zero-order valence-corrected chi connectivity index (χ0v) is 14.6. The fourth-order valence-corrected chi connectivity index (χ4v) is 3.22. The molecule has 4 nitrogen and oxygen atoms in total. The van der Waals surface area contributed by atoms with Crippen molar-refractivity contribution in [3.63, 3.8) is 0 Å². The highest BCUT2D eigenvalue weighted by atomic mass is 32.1. The highest BCUT2D eigenvalue weighted by Crippen LogP contribution is 2.27. The Morgan fingerprint density at radius 3 is 2.56 bits per heavy atom. The molecule has 0 saturated carbocycles. The first-order valence-electron chi connectivity index (χ1n) is 7.98. The number of thiazole rings is 1. The first-order chi connectivity index (χ1) is 13.1. The lowest BCUT2D eigenvalue weighted by Crippen LogP contribution is -2.10. The molecule has 4 aromatic rings. The lowest BCUT2D eigenvalue weighted by Gasteiger charge is -2.00. The van der Waals surface area contributed by atoms with Crippen molar-refractivity contribution in [3.05, 3.63) is 83.4 Å². The molecule has 2 aromatic heterocycles. The standard InChI is InChI=1S/C20H12F2N2O2S/c21-13-7-5-12(6-8-13)16-11-27-20(23-16)24-19(25)18-10-9-17(26-18)14-3-1-2-4-15(14)22/h1-11H,(H,23,24,25). The molecule has 0 aliphatic rings. The summed E-state index contributed by atoms with van der Waals surface area (Å²) in [6, 6.07) is 15.1. The fourth-order valence-electron chi connectivity index (χ4n) is 2.51. The molecule has 1 amide bonds. The van der Waals surface area contributed by atoms with E-state index >= 15 is 0 Å². The molecule has 134 valence electrons. The number of hydrogen-bond acceptors (Lipinski definition) is 4. The lowest BCUT2D eigenvalue weighted by atomic mass is 10.1.